The molecule has 1 aromatic carbocycles. The minimum Gasteiger partial charge on any atom is -0.325 e. The van der Waals surface area contributed by atoms with E-state index in [1.807, 2.05) is 10.8 Å². The van der Waals surface area contributed by atoms with Crippen molar-refractivity contribution in [2.24, 2.45) is 5.73 Å². The summed E-state index contributed by atoms with van der Waals surface area (Å²) in [4.78, 5) is 4.19. The fourth-order valence-electron chi connectivity index (χ4n) is 1.42. The first-order valence-corrected chi connectivity index (χ1v) is 5.49. The molecule has 0 saturated heterocycles. The third-order valence-corrected chi connectivity index (χ3v) is 2.86. The molecule has 0 aliphatic rings. The van der Waals surface area contributed by atoms with E-state index in [1.54, 1.807) is 6.33 Å². The summed E-state index contributed by atoms with van der Waals surface area (Å²) in [6.07, 6.45) is 3.72. The van der Waals surface area contributed by atoms with E-state index in [2.05, 4.69) is 46.0 Å². The minimum absolute atomic E-state index is 0.469. The molecule has 0 bridgehead atoms. The maximum absolute atomic E-state index is 5.52. The Morgan fingerprint density at radius 3 is 2.87 bits per heavy atom. The predicted molar refractivity (Wildman–Crippen MR) is 63.9 cm³/mol. The smallest absolute Gasteiger partial charge is 0.0996 e. The molecule has 0 spiro atoms. The molecule has 2 aromatic rings. The van der Waals surface area contributed by atoms with E-state index in [4.69, 9.17) is 5.73 Å². The number of hydrogen-bond donors (Lipinski definition) is 1. The van der Waals surface area contributed by atoms with Crippen LogP contribution in [-0.4, -0.2) is 9.55 Å². The van der Waals surface area contributed by atoms with Crippen molar-refractivity contribution in [1.29, 1.82) is 0 Å². The van der Waals surface area contributed by atoms with Gasteiger partial charge in [0, 0.05) is 17.2 Å². The lowest BCUT2D eigenvalue weighted by atomic mass is 10.2. The van der Waals surface area contributed by atoms with Gasteiger partial charge >= 0.3 is 0 Å². The van der Waals surface area contributed by atoms with Crippen molar-refractivity contribution in [3.05, 3.63) is 46.5 Å². The van der Waals surface area contributed by atoms with Crippen LogP contribution in [0.4, 0.5) is 0 Å². The number of nitrogens with two attached hydrogens (primary N) is 1. The van der Waals surface area contributed by atoms with Crippen molar-refractivity contribution in [2.75, 3.05) is 0 Å². The van der Waals surface area contributed by atoms with E-state index in [1.165, 1.54) is 5.56 Å². The molecule has 78 valence electrons. The van der Waals surface area contributed by atoms with E-state index in [9.17, 15) is 0 Å². The molecule has 1 heterocycles. The number of halogens is 1. The Kier molecular flexibility index (Phi) is 2.88. The quantitative estimate of drug-likeness (QED) is 0.907. The molecule has 1 aromatic heterocycles. The van der Waals surface area contributed by atoms with Crippen LogP contribution in [0.5, 0.6) is 0 Å². The van der Waals surface area contributed by atoms with Crippen LogP contribution in [0.25, 0.3) is 5.69 Å². The van der Waals surface area contributed by atoms with Crippen LogP contribution in [0, 0.1) is 6.92 Å². The van der Waals surface area contributed by atoms with Crippen molar-refractivity contribution in [3.63, 3.8) is 0 Å². The molecule has 0 fully saturated rings. The van der Waals surface area contributed by atoms with Gasteiger partial charge in [0.05, 0.1) is 17.7 Å². The largest absolute Gasteiger partial charge is 0.325 e. The molecule has 2 rings (SSSR count). The van der Waals surface area contributed by atoms with E-state index in [0.717, 1.165) is 15.9 Å². The molecule has 0 radical (unpaired) electrons. The topological polar surface area (TPSA) is 43.8 Å². The van der Waals surface area contributed by atoms with Crippen molar-refractivity contribution in [3.8, 4) is 5.69 Å². The molecule has 15 heavy (non-hydrogen) atoms. The van der Waals surface area contributed by atoms with Gasteiger partial charge in [-0.05, 0) is 40.5 Å². The van der Waals surface area contributed by atoms with Crippen LogP contribution in [0.15, 0.2) is 35.2 Å². The third kappa shape index (κ3) is 2.11. The van der Waals surface area contributed by atoms with Gasteiger partial charge in [0.1, 0.15) is 0 Å². The number of hydrogen-bond acceptors (Lipinski definition) is 2. The lowest BCUT2D eigenvalue weighted by molar-refractivity contribution is 1.01. The standard InChI is InChI=1S/C11H12BrN3/c1-8-2-3-11(10(12)4-8)15-6-9(5-13)14-7-15/h2-4,6-7H,5,13H2,1H3. The van der Waals surface area contributed by atoms with Crippen LogP contribution in [-0.2, 0) is 6.54 Å². The Labute approximate surface area is 97.1 Å². The molecule has 4 heteroatoms. The fraction of sp³-hybridized carbons (Fsp3) is 0.182. The number of rotatable bonds is 2. The first-order valence-electron chi connectivity index (χ1n) is 4.70. The summed E-state index contributed by atoms with van der Waals surface area (Å²) in [6, 6.07) is 6.21. The van der Waals surface area contributed by atoms with Crippen LogP contribution in [0.1, 0.15) is 11.3 Å². The summed E-state index contributed by atoms with van der Waals surface area (Å²) in [7, 11) is 0. The number of aromatic nitrogens is 2. The average Bonchev–Trinajstić information content (AvgIpc) is 2.66. The minimum atomic E-state index is 0.469. The molecule has 0 aliphatic carbocycles. The number of nitrogens with zero attached hydrogens (tertiary/aromatic N) is 2. The van der Waals surface area contributed by atoms with Gasteiger partial charge in [-0.1, -0.05) is 6.07 Å². The number of benzene rings is 1. The summed E-state index contributed by atoms with van der Waals surface area (Å²) in [5, 5.41) is 0. The van der Waals surface area contributed by atoms with Gasteiger partial charge in [0.25, 0.3) is 0 Å². The molecule has 0 saturated carbocycles. The van der Waals surface area contributed by atoms with E-state index in [0.29, 0.717) is 6.54 Å². The Hall–Kier alpha value is -1.13. The van der Waals surface area contributed by atoms with Crippen LogP contribution < -0.4 is 5.73 Å². The highest BCUT2D eigenvalue weighted by Gasteiger charge is 2.03. The van der Waals surface area contributed by atoms with Crippen molar-refractivity contribution in [2.45, 2.75) is 13.5 Å². The molecule has 0 unspecified atom stereocenters. The van der Waals surface area contributed by atoms with Gasteiger partial charge in [0.15, 0.2) is 0 Å². The first kappa shape index (κ1) is 10.4. The lowest BCUT2D eigenvalue weighted by Gasteiger charge is -2.05. The predicted octanol–water partition coefficient (Wildman–Crippen LogP) is 2.40. The molecule has 2 N–H and O–H groups in total. The Bertz CT molecular complexity index is 476. The van der Waals surface area contributed by atoms with Crippen molar-refractivity contribution >= 4 is 15.9 Å². The van der Waals surface area contributed by atoms with Crippen molar-refractivity contribution in [1.82, 2.24) is 9.55 Å². The van der Waals surface area contributed by atoms with Crippen molar-refractivity contribution < 1.29 is 0 Å². The van der Waals surface area contributed by atoms with E-state index >= 15 is 0 Å². The summed E-state index contributed by atoms with van der Waals surface area (Å²) in [6.45, 7) is 2.53. The summed E-state index contributed by atoms with van der Waals surface area (Å²) < 4.78 is 3.02. The van der Waals surface area contributed by atoms with Crippen LogP contribution >= 0.6 is 15.9 Å². The second-order valence-electron chi connectivity index (χ2n) is 3.43. The van der Waals surface area contributed by atoms with E-state index in [-0.39, 0.29) is 0 Å². The maximum atomic E-state index is 5.52. The zero-order chi connectivity index (χ0) is 10.8. The Balaban J connectivity index is 2.44. The van der Waals surface area contributed by atoms with Gasteiger partial charge in [-0.2, -0.15) is 0 Å². The molecular weight excluding hydrogens is 254 g/mol. The fourth-order valence-corrected chi connectivity index (χ4v) is 2.12. The van der Waals surface area contributed by atoms with Gasteiger partial charge in [-0.25, -0.2) is 4.98 Å². The highest BCUT2D eigenvalue weighted by molar-refractivity contribution is 9.10. The molecule has 0 aliphatic heterocycles. The average molecular weight is 266 g/mol. The maximum Gasteiger partial charge on any atom is 0.0996 e. The summed E-state index contributed by atoms with van der Waals surface area (Å²) in [5.74, 6) is 0. The summed E-state index contributed by atoms with van der Waals surface area (Å²) >= 11 is 3.54. The van der Waals surface area contributed by atoms with Crippen LogP contribution in [0.3, 0.4) is 0 Å². The van der Waals surface area contributed by atoms with Crippen LogP contribution in [0.2, 0.25) is 0 Å². The molecular formula is C11H12BrN3. The first-order chi connectivity index (χ1) is 7.20. The van der Waals surface area contributed by atoms with Gasteiger partial charge in [0.2, 0.25) is 0 Å². The Morgan fingerprint density at radius 1 is 1.47 bits per heavy atom. The van der Waals surface area contributed by atoms with E-state index < -0.39 is 0 Å². The van der Waals surface area contributed by atoms with Gasteiger partial charge < -0.3 is 10.3 Å². The highest BCUT2D eigenvalue weighted by Crippen LogP contribution is 2.22. The number of imidazole rings is 1. The SMILES string of the molecule is Cc1ccc(-n2cnc(CN)c2)c(Br)c1. The zero-order valence-electron chi connectivity index (χ0n) is 8.44. The normalized spacial score (nSPS) is 10.6. The second-order valence-corrected chi connectivity index (χ2v) is 4.29. The third-order valence-electron chi connectivity index (χ3n) is 2.23. The molecule has 3 nitrogen and oxygen atoms in total. The monoisotopic (exact) mass is 265 g/mol. The molecule has 0 amide bonds. The molecule has 0 atom stereocenters. The summed E-state index contributed by atoms with van der Waals surface area (Å²) in [5.41, 5.74) is 8.71. The Morgan fingerprint density at radius 2 is 2.27 bits per heavy atom. The van der Waals surface area contributed by atoms with Gasteiger partial charge in [-0.3, -0.25) is 0 Å². The zero-order valence-corrected chi connectivity index (χ0v) is 10.0. The van der Waals surface area contributed by atoms with Gasteiger partial charge in [-0.15, -0.1) is 0 Å². The number of aryl methyl sites for hydroxylation is 1. The second kappa shape index (κ2) is 4.16. The highest BCUT2D eigenvalue weighted by atomic mass is 79.9. The lowest BCUT2D eigenvalue weighted by Crippen LogP contribution is -1.96.